The molecule has 3 heteroatoms. The van der Waals surface area contributed by atoms with Crippen LogP contribution >= 0.6 is 17.5 Å². The maximum atomic E-state index is 4.49. The monoisotopic (exact) mass is 345 g/mol. The van der Waals surface area contributed by atoms with E-state index in [2.05, 4.69) is 69.3 Å². The van der Waals surface area contributed by atoms with E-state index in [4.69, 9.17) is 0 Å². The minimum atomic E-state index is -0.0957. The van der Waals surface area contributed by atoms with Crippen molar-refractivity contribution in [2.45, 2.75) is 72.4 Å². The van der Waals surface area contributed by atoms with Gasteiger partial charge in [0.15, 0.2) is 0 Å². The molecule has 0 fully saturated rings. The van der Waals surface area contributed by atoms with Crippen LogP contribution < -0.4 is 0 Å². The molecule has 0 aromatic carbocycles. The van der Waals surface area contributed by atoms with Gasteiger partial charge >= 0.3 is 27.7 Å². The summed E-state index contributed by atoms with van der Waals surface area (Å²) in [6.07, 6.45) is 2.00. The van der Waals surface area contributed by atoms with E-state index in [1.807, 2.05) is 20.3 Å². The van der Waals surface area contributed by atoms with E-state index < -0.39 is 0 Å². The van der Waals surface area contributed by atoms with Crippen molar-refractivity contribution < 1.29 is 18.2 Å². The Balaban J connectivity index is -0.000000245. The summed E-state index contributed by atoms with van der Waals surface area (Å²) in [5, 5.41) is 0. The second kappa shape index (κ2) is 15.4. The molecule has 0 aromatic heterocycles. The normalized spacial score (nSPS) is 10.1. The van der Waals surface area contributed by atoms with Gasteiger partial charge in [-0.15, -0.1) is 0 Å². The summed E-state index contributed by atoms with van der Waals surface area (Å²) in [4.78, 5) is 0. The first kappa shape index (κ1) is 21.6. The third-order valence-electron chi connectivity index (χ3n) is 2.00. The Morgan fingerprint density at radius 2 is 0.933 bits per heavy atom. The van der Waals surface area contributed by atoms with Gasteiger partial charge in [-0.3, -0.25) is 0 Å². The summed E-state index contributed by atoms with van der Waals surface area (Å²) in [7, 11) is 4.39. The molecule has 0 spiro atoms. The van der Waals surface area contributed by atoms with Gasteiger partial charge in [0, 0.05) is 7.92 Å². The molecule has 0 N–H and O–H groups in total. The van der Waals surface area contributed by atoms with E-state index in [1.54, 1.807) is 0 Å². The van der Waals surface area contributed by atoms with Gasteiger partial charge in [0.05, 0.1) is 17.0 Å². The molecule has 0 aliphatic carbocycles. The second-order valence-electron chi connectivity index (χ2n) is 4.54. The summed E-state index contributed by atoms with van der Waals surface area (Å²) in [6, 6.07) is 0. The molecule has 0 saturated heterocycles. The van der Waals surface area contributed by atoms with Crippen molar-refractivity contribution in [3.63, 3.8) is 0 Å². The molecule has 0 saturated carbocycles. The van der Waals surface area contributed by atoms with Crippen LogP contribution in [0.3, 0.4) is 0 Å². The van der Waals surface area contributed by atoms with E-state index in [1.165, 1.54) is 0 Å². The molecule has 0 bridgehead atoms. The van der Waals surface area contributed by atoms with Crippen LogP contribution in [0.4, 0.5) is 0 Å². The van der Waals surface area contributed by atoms with Gasteiger partial charge in [0.25, 0.3) is 0 Å². The molecule has 0 atom stereocenters. The number of hydrogen-bond acceptors (Lipinski definition) is 0. The minimum absolute atomic E-state index is 0.0957. The first-order chi connectivity index (χ1) is 6.88. The molecule has 0 aliphatic rings. The molecule has 0 amide bonds. The standard InChI is InChI=1S/C9H21P.C3H7.ClH.Pd/c1-7(2)10(8(3)4)9(5)6;1-3-2;;/h7-9H,1-6H3;3H,1-2H3;1H;/q;-1;;+2. The number of halogens is 1. The Morgan fingerprint density at radius 3 is 0.933 bits per heavy atom. The van der Waals surface area contributed by atoms with Crippen molar-refractivity contribution in [1.82, 2.24) is 0 Å². The molecule has 15 heavy (non-hydrogen) atoms. The van der Waals surface area contributed by atoms with Crippen molar-refractivity contribution in [2.75, 3.05) is 0 Å². The van der Waals surface area contributed by atoms with Gasteiger partial charge < -0.3 is 6.42 Å². The Morgan fingerprint density at radius 1 is 0.800 bits per heavy atom. The van der Waals surface area contributed by atoms with Gasteiger partial charge in [-0.25, -0.2) is 0 Å². The third kappa shape index (κ3) is 15.4. The number of hydrogen-bond donors (Lipinski definition) is 0. The predicted octanol–water partition coefficient (Wildman–Crippen LogP) is 5.34. The van der Waals surface area contributed by atoms with Crippen LogP contribution in [-0.4, -0.2) is 17.0 Å². The van der Waals surface area contributed by atoms with Gasteiger partial charge in [-0.05, 0) is 41.5 Å². The fourth-order valence-electron chi connectivity index (χ4n) is 2.00. The van der Waals surface area contributed by atoms with Crippen molar-refractivity contribution in [2.24, 2.45) is 0 Å². The Bertz CT molecular complexity index is 86.8. The van der Waals surface area contributed by atoms with E-state index in [0.717, 1.165) is 17.0 Å². The average molecular weight is 346 g/mol. The quantitative estimate of drug-likeness (QED) is 0.367. The van der Waals surface area contributed by atoms with Gasteiger partial charge in [-0.2, -0.15) is 13.8 Å². The molecule has 98 valence electrons. The predicted molar refractivity (Wildman–Crippen MR) is 75.2 cm³/mol. The summed E-state index contributed by atoms with van der Waals surface area (Å²) in [5.41, 5.74) is 2.81. The molecule has 0 rings (SSSR count). The molecule has 0 radical (unpaired) electrons. The topological polar surface area (TPSA) is 0 Å². The van der Waals surface area contributed by atoms with E-state index >= 15 is 0 Å². The van der Waals surface area contributed by atoms with Gasteiger partial charge in [0.2, 0.25) is 0 Å². The zero-order valence-corrected chi connectivity index (χ0v) is 14.8. The zero-order valence-electron chi connectivity index (χ0n) is 11.5. The van der Waals surface area contributed by atoms with Gasteiger partial charge in [-0.1, -0.05) is 0 Å². The van der Waals surface area contributed by atoms with Crippen LogP contribution in [0.2, 0.25) is 0 Å². The van der Waals surface area contributed by atoms with Crippen molar-refractivity contribution in [3.05, 3.63) is 6.42 Å². The van der Waals surface area contributed by atoms with Crippen molar-refractivity contribution in [3.8, 4) is 0 Å². The summed E-state index contributed by atoms with van der Waals surface area (Å²) in [5.74, 6) is 0. The molecule has 0 unspecified atom stereocenters. The first-order valence-electron chi connectivity index (χ1n) is 5.60. The zero-order chi connectivity index (χ0) is 13.0. The molecule has 0 aliphatic heterocycles. The van der Waals surface area contributed by atoms with E-state index in [9.17, 15) is 0 Å². The molecule has 0 nitrogen and oxygen atoms in total. The molecular weight excluding hydrogens is 317 g/mol. The van der Waals surface area contributed by atoms with Crippen LogP contribution in [0.25, 0.3) is 0 Å². The summed E-state index contributed by atoms with van der Waals surface area (Å²) >= 11 is 2.22. The van der Waals surface area contributed by atoms with Crippen LogP contribution in [0.15, 0.2) is 0 Å². The third-order valence-corrected chi connectivity index (χ3v) is 6.00. The van der Waals surface area contributed by atoms with Crippen molar-refractivity contribution in [1.29, 1.82) is 0 Å². The van der Waals surface area contributed by atoms with E-state index in [-0.39, 0.29) is 7.92 Å². The van der Waals surface area contributed by atoms with Crippen LogP contribution in [0.1, 0.15) is 55.4 Å². The van der Waals surface area contributed by atoms with Crippen LogP contribution in [0.5, 0.6) is 0 Å². The molecule has 0 aromatic rings. The van der Waals surface area contributed by atoms with Crippen LogP contribution in [0, 0.1) is 6.42 Å². The Labute approximate surface area is 114 Å². The Hall–Kier alpha value is 1.38. The van der Waals surface area contributed by atoms with E-state index in [0.29, 0.717) is 0 Å². The van der Waals surface area contributed by atoms with Crippen molar-refractivity contribution >= 4 is 17.5 Å². The molecule has 0 heterocycles. The SMILES string of the molecule is CC(C)[PH+](C(C)C)C(C)C.C[CH-]C.[Cl][Pd+]. The summed E-state index contributed by atoms with van der Waals surface area (Å²) in [6.45, 7) is 18.2. The first-order valence-corrected chi connectivity index (χ1v) is 9.34. The second-order valence-corrected chi connectivity index (χ2v) is 9.01. The fourth-order valence-corrected chi connectivity index (χ4v) is 6.00. The Kier molecular flexibility index (Phi) is 22.2. The van der Waals surface area contributed by atoms with Gasteiger partial charge in [0.1, 0.15) is 0 Å². The van der Waals surface area contributed by atoms with Crippen LogP contribution in [-0.2, 0) is 18.2 Å². The average Bonchev–Trinajstić information content (AvgIpc) is 2.06. The fraction of sp³-hybridized carbons (Fsp3) is 0.917. The maximum absolute atomic E-state index is 4.49. The molecular formula is C12H29ClPPd+. The summed E-state index contributed by atoms with van der Waals surface area (Å²) < 4.78 is 0. The number of rotatable bonds is 3.